The Bertz CT molecular complexity index is 403. The highest BCUT2D eigenvalue weighted by Gasteiger charge is 2.24. The summed E-state index contributed by atoms with van der Waals surface area (Å²) < 4.78 is 7.36. The van der Waals surface area contributed by atoms with Crippen molar-refractivity contribution in [3.05, 3.63) is 34.3 Å². The molecule has 0 radical (unpaired) electrons. The van der Waals surface area contributed by atoms with Gasteiger partial charge in [-0.25, -0.2) is 0 Å². The monoisotopic (exact) mass is 325 g/mol. The third-order valence-corrected chi connectivity index (χ3v) is 4.20. The average Bonchev–Trinajstić information content (AvgIpc) is 3.18. The van der Waals surface area contributed by atoms with Crippen molar-refractivity contribution in [2.75, 3.05) is 6.54 Å². The van der Waals surface area contributed by atoms with Gasteiger partial charge in [0.25, 0.3) is 0 Å². The minimum Gasteiger partial charge on any atom is -0.369 e. The molecular formula is C16H24BrNO. The molecule has 19 heavy (non-hydrogen) atoms. The number of halogens is 1. The van der Waals surface area contributed by atoms with Crippen LogP contribution in [-0.2, 0) is 4.74 Å². The SMILES string of the molecule is CC(C)C(C)OC(CNC1CC1)c1cccc(Br)c1. The van der Waals surface area contributed by atoms with E-state index in [-0.39, 0.29) is 12.2 Å². The molecule has 2 nitrogen and oxygen atoms in total. The number of hydrogen-bond donors (Lipinski definition) is 1. The molecule has 0 bridgehead atoms. The molecule has 0 amide bonds. The molecule has 1 aromatic carbocycles. The van der Waals surface area contributed by atoms with Crippen LogP contribution >= 0.6 is 15.9 Å². The Morgan fingerprint density at radius 1 is 1.32 bits per heavy atom. The van der Waals surface area contributed by atoms with Crippen LogP contribution in [0.1, 0.15) is 45.3 Å². The first kappa shape index (κ1) is 15.0. The molecule has 1 aliphatic carbocycles. The van der Waals surface area contributed by atoms with E-state index in [9.17, 15) is 0 Å². The molecular weight excluding hydrogens is 302 g/mol. The van der Waals surface area contributed by atoms with Crippen LogP contribution in [0.2, 0.25) is 0 Å². The Morgan fingerprint density at radius 2 is 2.05 bits per heavy atom. The molecule has 2 unspecified atom stereocenters. The van der Waals surface area contributed by atoms with Gasteiger partial charge in [0.05, 0.1) is 12.2 Å². The number of benzene rings is 1. The van der Waals surface area contributed by atoms with Crippen LogP contribution in [0.25, 0.3) is 0 Å². The number of ether oxygens (including phenoxy) is 1. The zero-order valence-corrected chi connectivity index (χ0v) is 13.6. The van der Waals surface area contributed by atoms with Crippen molar-refractivity contribution in [1.29, 1.82) is 0 Å². The topological polar surface area (TPSA) is 21.3 Å². The van der Waals surface area contributed by atoms with E-state index in [4.69, 9.17) is 4.74 Å². The Balaban J connectivity index is 2.03. The van der Waals surface area contributed by atoms with Gasteiger partial charge in [-0.3, -0.25) is 0 Å². The fraction of sp³-hybridized carbons (Fsp3) is 0.625. The summed E-state index contributed by atoms with van der Waals surface area (Å²) in [5.41, 5.74) is 1.25. The predicted molar refractivity (Wildman–Crippen MR) is 83.3 cm³/mol. The minimum atomic E-state index is 0.135. The highest BCUT2D eigenvalue weighted by atomic mass is 79.9. The van der Waals surface area contributed by atoms with Crippen LogP contribution in [-0.4, -0.2) is 18.7 Å². The number of nitrogens with one attached hydrogen (secondary N) is 1. The van der Waals surface area contributed by atoms with Gasteiger partial charge in [0.2, 0.25) is 0 Å². The first-order valence-electron chi connectivity index (χ1n) is 7.20. The summed E-state index contributed by atoms with van der Waals surface area (Å²) in [6, 6.07) is 9.16. The Kier molecular flexibility index (Phi) is 5.43. The van der Waals surface area contributed by atoms with Gasteiger partial charge in [-0.15, -0.1) is 0 Å². The molecule has 0 spiro atoms. The van der Waals surface area contributed by atoms with E-state index in [2.05, 4.69) is 66.3 Å². The summed E-state index contributed by atoms with van der Waals surface area (Å²) in [6.07, 6.45) is 3.02. The summed E-state index contributed by atoms with van der Waals surface area (Å²) in [5, 5.41) is 3.58. The molecule has 2 atom stereocenters. The standard InChI is InChI=1S/C16H24BrNO/c1-11(2)12(3)19-16(10-18-15-7-8-15)13-5-4-6-14(17)9-13/h4-6,9,11-12,15-16,18H,7-8,10H2,1-3H3. The summed E-state index contributed by atoms with van der Waals surface area (Å²) in [6.45, 7) is 7.47. The lowest BCUT2D eigenvalue weighted by Crippen LogP contribution is -2.29. The van der Waals surface area contributed by atoms with Crippen molar-refractivity contribution in [3.63, 3.8) is 0 Å². The van der Waals surface area contributed by atoms with Gasteiger partial charge >= 0.3 is 0 Å². The molecule has 2 rings (SSSR count). The summed E-state index contributed by atoms with van der Waals surface area (Å²) in [4.78, 5) is 0. The largest absolute Gasteiger partial charge is 0.369 e. The first-order chi connectivity index (χ1) is 9.06. The smallest absolute Gasteiger partial charge is 0.0953 e. The highest BCUT2D eigenvalue weighted by Crippen LogP contribution is 2.26. The van der Waals surface area contributed by atoms with Crippen molar-refractivity contribution in [2.45, 2.75) is 51.9 Å². The number of hydrogen-bond acceptors (Lipinski definition) is 2. The van der Waals surface area contributed by atoms with E-state index >= 15 is 0 Å². The van der Waals surface area contributed by atoms with Crippen LogP contribution in [0.4, 0.5) is 0 Å². The quantitative estimate of drug-likeness (QED) is 0.806. The van der Waals surface area contributed by atoms with Crippen LogP contribution in [0, 0.1) is 5.92 Å². The van der Waals surface area contributed by atoms with Crippen LogP contribution < -0.4 is 5.32 Å². The van der Waals surface area contributed by atoms with Crippen molar-refractivity contribution in [1.82, 2.24) is 5.32 Å². The fourth-order valence-corrected chi connectivity index (χ4v) is 2.35. The van der Waals surface area contributed by atoms with Crippen molar-refractivity contribution in [3.8, 4) is 0 Å². The molecule has 0 saturated heterocycles. The molecule has 1 saturated carbocycles. The van der Waals surface area contributed by atoms with E-state index in [0.717, 1.165) is 11.0 Å². The molecule has 3 heteroatoms. The highest BCUT2D eigenvalue weighted by molar-refractivity contribution is 9.10. The lowest BCUT2D eigenvalue weighted by Gasteiger charge is -2.25. The Morgan fingerprint density at radius 3 is 2.63 bits per heavy atom. The van der Waals surface area contributed by atoms with E-state index in [0.29, 0.717) is 12.0 Å². The Labute approximate surface area is 125 Å². The summed E-state index contributed by atoms with van der Waals surface area (Å²) >= 11 is 3.54. The minimum absolute atomic E-state index is 0.135. The second-order valence-corrected chi connectivity index (χ2v) is 6.73. The van der Waals surface area contributed by atoms with Crippen LogP contribution in [0.15, 0.2) is 28.7 Å². The van der Waals surface area contributed by atoms with E-state index < -0.39 is 0 Å². The lowest BCUT2D eigenvalue weighted by molar-refractivity contribution is -0.0261. The zero-order chi connectivity index (χ0) is 13.8. The lowest BCUT2D eigenvalue weighted by atomic mass is 10.1. The molecule has 1 aliphatic rings. The van der Waals surface area contributed by atoms with Crippen molar-refractivity contribution < 1.29 is 4.74 Å². The second kappa shape index (κ2) is 6.87. The summed E-state index contributed by atoms with van der Waals surface area (Å²) in [5.74, 6) is 0.538. The predicted octanol–water partition coefficient (Wildman–Crippen LogP) is 4.30. The molecule has 0 aromatic heterocycles. The summed E-state index contributed by atoms with van der Waals surface area (Å²) in [7, 11) is 0. The fourth-order valence-electron chi connectivity index (χ4n) is 1.93. The first-order valence-corrected chi connectivity index (χ1v) is 8.00. The van der Waals surface area contributed by atoms with Gasteiger partial charge in [0, 0.05) is 17.1 Å². The van der Waals surface area contributed by atoms with E-state index in [1.54, 1.807) is 0 Å². The van der Waals surface area contributed by atoms with Crippen molar-refractivity contribution in [2.24, 2.45) is 5.92 Å². The van der Waals surface area contributed by atoms with Gasteiger partial charge in [0.1, 0.15) is 0 Å². The third kappa shape index (κ3) is 4.90. The van der Waals surface area contributed by atoms with Crippen molar-refractivity contribution >= 4 is 15.9 Å². The molecule has 1 fully saturated rings. The Hall–Kier alpha value is -0.380. The van der Waals surface area contributed by atoms with E-state index in [1.807, 2.05) is 0 Å². The normalized spacial score (nSPS) is 18.6. The number of rotatable bonds is 7. The molecule has 0 heterocycles. The van der Waals surface area contributed by atoms with Crippen LogP contribution in [0.5, 0.6) is 0 Å². The van der Waals surface area contributed by atoms with Gasteiger partial charge < -0.3 is 10.1 Å². The molecule has 1 N–H and O–H groups in total. The maximum Gasteiger partial charge on any atom is 0.0953 e. The zero-order valence-electron chi connectivity index (χ0n) is 12.0. The van der Waals surface area contributed by atoms with Crippen LogP contribution in [0.3, 0.4) is 0 Å². The van der Waals surface area contributed by atoms with E-state index in [1.165, 1.54) is 18.4 Å². The van der Waals surface area contributed by atoms with Gasteiger partial charge in [-0.05, 0) is 43.4 Å². The molecule has 106 valence electrons. The molecule has 0 aliphatic heterocycles. The van der Waals surface area contributed by atoms with Gasteiger partial charge in [0.15, 0.2) is 0 Å². The maximum absolute atomic E-state index is 6.25. The second-order valence-electron chi connectivity index (χ2n) is 5.81. The average molecular weight is 326 g/mol. The molecule has 1 aromatic rings. The van der Waals surface area contributed by atoms with Gasteiger partial charge in [-0.2, -0.15) is 0 Å². The third-order valence-electron chi connectivity index (χ3n) is 3.71. The maximum atomic E-state index is 6.25. The van der Waals surface area contributed by atoms with Gasteiger partial charge in [-0.1, -0.05) is 41.9 Å².